The predicted octanol–water partition coefficient (Wildman–Crippen LogP) is 3.30. The summed E-state index contributed by atoms with van der Waals surface area (Å²) in [5.74, 6) is 0.792. The maximum Gasteiger partial charge on any atom is 0.408 e. The Kier molecular flexibility index (Phi) is 4.23. The van der Waals surface area contributed by atoms with Gasteiger partial charge in [0.2, 0.25) is 0 Å². The van der Waals surface area contributed by atoms with Gasteiger partial charge >= 0.3 is 6.09 Å². The fraction of sp³-hybridized carbons (Fsp3) is 0.529. The highest BCUT2D eigenvalue weighted by Gasteiger charge is 2.29. The van der Waals surface area contributed by atoms with Crippen molar-refractivity contribution in [3.8, 4) is 0 Å². The van der Waals surface area contributed by atoms with Crippen LogP contribution in [0.3, 0.4) is 0 Å². The fourth-order valence-corrected chi connectivity index (χ4v) is 3.04. The molecule has 0 saturated heterocycles. The van der Waals surface area contributed by atoms with Crippen LogP contribution in [0.15, 0.2) is 24.3 Å². The number of ether oxygens (including phenoxy) is 1. The molecule has 0 aliphatic heterocycles. The molecule has 2 saturated carbocycles. The van der Waals surface area contributed by atoms with Crippen molar-refractivity contribution in [1.29, 1.82) is 0 Å². The normalized spacial score (nSPS) is 21.9. The van der Waals surface area contributed by atoms with E-state index in [4.69, 9.17) is 4.74 Å². The molecular formula is C17H21NO3. The van der Waals surface area contributed by atoms with E-state index < -0.39 is 6.09 Å². The third kappa shape index (κ3) is 3.43. The summed E-state index contributed by atoms with van der Waals surface area (Å²) in [7, 11) is 0. The van der Waals surface area contributed by atoms with Crippen LogP contribution in [0.4, 0.5) is 4.79 Å². The summed E-state index contributed by atoms with van der Waals surface area (Å²) < 4.78 is 5.15. The van der Waals surface area contributed by atoms with Crippen molar-refractivity contribution in [2.24, 2.45) is 0 Å². The molecule has 2 aliphatic carbocycles. The summed E-state index contributed by atoms with van der Waals surface area (Å²) in [6.45, 7) is 0.248. The molecule has 0 heterocycles. The lowest BCUT2D eigenvalue weighted by molar-refractivity contribution is -0.126. The van der Waals surface area contributed by atoms with E-state index in [1.807, 2.05) is 12.1 Å². The van der Waals surface area contributed by atoms with Gasteiger partial charge in [0.05, 0.1) is 6.04 Å². The Morgan fingerprint density at radius 3 is 2.43 bits per heavy atom. The molecule has 1 aromatic carbocycles. The van der Waals surface area contributed by atoms with Gasteiger partial charge in [-0.15, -0.1) is 0 Å². The van der Waals surface area contributed by atoms with Gasteiger partial charge < -0.3 is 10.1 Å². The van der Waals surface area contributed by atoms with Crippen LogP contribution >= 0.6 is 0 Å². The minimum absolute atomic E-state index is 0.0906. The summed E-state index contributed by atoms with van der Waals surface area (Å²) in [6, 6.07) is 8.00. The van der Waals surface area contributed by atoms with E-state index in [9.17, 15) is 9.59 Å². The van der Waals surface area contributed by atoms with Crippen LogP contribution in [0, 0.1) is 0 Å². The Labute approximate surface area is 124 Å². The van der Waals surface area contributed by atoms with Crippen LogP contribution in [0.2, 0.25) is 0 Å². The molecule has 0 aromatic heterocycles. The second kappa shape index (κ2) is 6.29. The summed E-state index contributed by atoms with van der Waals surface area (Å²) in [5, 5.41) is 2.58. The molecule has 0 radical (unpaired) electrons. The molecule has 112 valence electrons. The van der Waals surface area contributed by atoms with Gasteiger partial charge in [-0.1, -0.05) is 37.1 Å². The molecule has 1 N–H and O–H groups in total. The number of carbonyl (C=O) groups is 2. The molecule has 0 unspecified atom stereocenters. The second-order valence-electron chi connectivity index (χ2n) is 6.00. The molecule has 4 heteroatoms. The Balaban J connectivity index is 1.46. The van der Waals surface area contributed by atoms with Gasteiger partial charge in [-0.3, -0.25) is 4.79 Å². The highest BCUT2D eigenvalue weighted by atomic mass is 16.5. The summed E-state index contributed by atoms with van der Waals surface area (Å²) in [6.07, 6.45) is 6.01. The van der Waals surface area contributed by atoms with Gasteiger partial charge in [0.15, 0.2) is 5.78 Å². The van der Waals surface area contributed by atoms with E-state index in [1.165, 1.54) is 31.2 Å². The summed E-state index contributed by atoms with van der Waals surface area (Å²) in [4.78, 5) is 22.7. The van der Waals surface area contributed by atoms with Crippen molar-refractivity contribution in [2.45, 2.75) is 57.1 Å². The van der Waals surface area contributed by atoms with E-state index >= 15 is 0 Å². The average Bonchev–Trinajstić information content (AvgIpc) is 3.04. The van der Waals surface area contributed by atoms with Crippen LogP contribution in [0.1, 0.15) is 55.6 Å². The molecule has 1 atom stereocenters. The van der Waals surface area contributed by atoms with Crippen LogP contribution in [0.5, 0.6) is 0 Å². The van der Waals surface area contributed by atoms with E-state index in [2.05, 4.69) is 17.4 Å². The van der Waals surface area contributed by atoms with Gasteiger partial charge in [0, 0.05) is 6.42 Å². The monoisotopic (exact) mass is 287 g/mol. The first kappa shape index (κ1) is 14.1. The molecular weight excluding hydrogens is 266 g/mol. The maximum absolute atomic E-state index is 11.6. The number of benzene rings is 1. The molecule has 1 amide bonds. The fourth-order valence-electron chi connectivity index (χ4n) is 3.04. The van der Waals surface area contributed by atoms with Gasteiger partial charge in [0.25, 0.3) is 0 Å². The SMILES string of the molecule is O=C(N[C@H]1CCC1=O)OCc1ccc(C2CCCC2)cc1. The lowest BCUT2D eigenvalue weighted by Gasteiger charge is -2.24. The average molecular weight is 287 g/mol. The highest BCUT2D eigenvalue weighted by Crippen LogP contribution is 2.33. The zero-order chi connectivity index (χ0) is 14.7. The Hall–Kier alpha value is -1.84. The van der Waals surface area contributed by atoms with Crippen molar-refractivity contribution in [2.75, 3.05) is 0 Å². The number of Topliss-reactive ketones (excluding diaryl/α,β-unsaturated/α-hetero) is 1. The minimum atomic E-state index is -0.507. The molecule has 3 rings (SSSR count). The zero-order valence-corrected chi connectivity index (χ0v) is 12.1. The van der Waals surface area contributed by atoms with E-state index in [0.717, 1.165) is 12.0 Å². The Morgan fingerprint density at radius 1 is 1.14 bits per heavy atom. The number of carbonyl (C=O) groups excluding carboxylic acids is 2. The molecule has 21 heavy (non-hydrogen) atoms. The Morgan fingerprint density at radius 2 is 1.86 bits per heavy atom. The smallest absolute Gasteiger partial charge is 0.408 e. The summed E-state index contributed by atoms with van der Waals surface area (Å²) in [5.41, 5.74) is 2.37. The number of nitrogens with one attached hydrogen (secondary N) is 1. The predicted molar refractivity (Wildman–Crippen MR) is 79.0 cm³/mol. The number of hydrogen-bond donors (Lipinski definition) is 1. The van der Waals surface area contributed by atoms with E-state index in [-0.39, 0.29) is 18.4 Å². The van der Waals surface area contributed by atoms with Gasteiger partial charge in [-0.05, 0) is 36.3 Å². The van der Waals surface area contributed by atoms with Crippen LogP contribution in [-0.4, -0.2) is 17.9 Å². The molecule has 0 spiro atoms. The standard InChI is InChI=1S/C17H21NO3/c19-16-10-9-15(16)18-17(20)21-11-12-5-7-14(8-6-12)13-3-1-2-4-13/h5-8,13,15H,1-4,9-11H2,(H,18,20)/t15-/m0/s1. The molecule has 2 aliphatic rings. The van der Waals surface area contributed by atoms with Crippen LogP contribution in [0.25, 0.3) is 0 Å². The van der Waals surface area contributed by atoms with Crippen LogP contribution in [-0.2, 0) is 16.1 Å². The van der Waals surface area contributed by atoms with E-state index in [0.29, 0.717) is 12.3 Å². The Bertz CT molecular complexity index is 517. The third-order valence-corrected chi connectivity index (χ3v) is 4.54. The lowest BCUT2D eigenvalue weighted by Crippen LogP contribution is -2.47. The maximum atomic E-state index is 11.6. The van der Waals surface area contributed by atoms with Crippen molar-refractivity contribution in [1.82, 2.24) is 5.32 Å². The first-order chi connectivity index (χ1) is 10.2. The first-order valence-corrected chi connectivity index (χ1v) is 7.77. The topological polar surface area (TPSA) is 55.4 Å². The highest BCUT2D eigenvalue weighted by molar-refractivity contribution is 5.92. The number of rotatable bonds is 4. The van der Waals surface area contributed by atoms with Crippen molar-refractivity contribution < 1.29 is 14.3 Å². The minimum Gasteiger partial charge on any atom is -0.445 e. The first-order valence-electron chi connectivity index (χ1n) is 7.77. The van der Waals surface area contributed by atoms with E-state index in [1.54, 1.807) is 0 Å². The second-order valence-corrected chi connectivity index (χ2v) is 6.00. The quantitative estimate of drug-likeness (QED) is 0.924. The van der Waals surface area contributed by atoms with Gasteiger partial charge in [-0.25, -0.2) is 4.79 Å². The van der Waals surface area contributed by atoms with Crippen LogP contribution < -0.4 is 5.32 Å². The number of amides is 1. The molecule has 0 bridgehead atoms. The summed E-state index contributed by atoms with van der Waals surface area (Å²) >= 11 is 0. The van der Waals surface area contributed by atoms with Gasteiger partial charge in [-0.2, -0.15) is 0 Å². The zero-order valence-electron chi connectivity index (χ0n) is 12.1. The van der Waals surface area contributed by atoms with Crippen molar-refractivity contribution in [3.05, 3.63) is 35.4 Å². The number of alkyl carbamates (subject to hydrolysis) is 1. The third-order valence-electron chi connectivity index (χ3n) is 4.54. The molecule has 4 nitrogen and oxygen atoms in total. The largest absolute Gasteiger partial charge is 0.445 e. The number of hydrogen-bond acceptors (Lipinski definition) is 3. The lowest BCUT2D eigenvalue weighted by atomic mass is 9.91. The molecule has 1 aromatic rings. The van der Waals surface area contributed by atoms with Gasteiger partial charge in [0.1, 0.15) is 6.61 Å². The molecule has 2 fully saturated rings. The van der Waals surface area contributed by atoms with Crippen molar-refractivity contribution in [3.63, 3.8) is 0 Å². The number of ketones is 1. The van der Waals surface area contributed by atoms with Crippen molar-refractivity contribution >= 4 is 11.9 Å².